The van der Waals surface area contributed by atoms with Gasteiger partial charge in [0.15, 0.2) is 0 Å². The SMILES string of the molecule is O=C(Nc1ccc2[nH]ccc2c1)Nc1ccnc2ccccc12. The number of fused-ring (bicyclic) bond motifs is 2. The number of H-pyrrole nitrogens is 1. The number of carbonyl (C=O) groups excluding carboxylic acids is 1. The number of nitrogens with zero attached hydrogens (tertiary/aromatic N) is 1. The molecule has 2 amide bonds. The van der Waals surface area contributed by atoms with Crippen LogP contribution in [0.5, 0.6) is 0 Å². The number of amides is 2. The van der Waals surface area contributed by atoms with Crippen LogP contribution in [-0.2, 0) is 0 Å². The molecule has 4 rings (SSSR count). The highest BCUT2D eigenvalue weighted by molar-refractivity contribution is 6.05. The van der Waals surface area contributed by atoms with Gasteiger partial charge in [0.05, 0.1) is 11.2 Å². The van der Waals surface area contributed by atoms with E-state index in [1.54, 1.807) is 12.3 Å². The van der Waals surface area contributed by atoms with Crippen molar-refractivity contribution in [2.75, 3.05) is 10.6 Å². The lowest BCUT2D eigenvalue weighted by Crippen LogP contribution is -2.19. The number of anilines is 2. The minimum Gasteiger partial charge on any atom is -0.361 e. The van der Waals surface area contributed by atoms with Crippen LogP contribution in [0.25, 0.3) is 21.8 Å². The van der Waals surface area contributed by atoms with Crippen LogP contribution in [0, 0.1) is 0 Å². The molecular formula is C18H14N4O. The minimum absolute atomic E-state index is 0.281. The number of hydrogen-bond acceptors (Lipinski definition) is 2. The third-order valence-corrected chi connectivity index (χ3v) is 3.71. The molecule has 2 aromatic carbocycles. The first-order valence-electron chi connectivity index (χ1n) is 7.28. The van der Waals surface area contributed by atoms with E-state index in [4.69, 9.17) is 0 Å². The summed E-state index contributed by atoms with van der Waals surface area (Å²) in [6.45, 7) is 0. The lowest BCUT2D eigenvalue weighted by atomic mass is 10.2. The molecule has 0 saturated heterocycles. The summed E-state index contributed by atoms with van der Waals surface area (Å²) in [6.07, 6.45) is 3.56. The van der Waals surface area contributed by atoms with Crippen molar-refractivity contribution in [2.45, 2.75) is 0 Å². The van der Waals surface area contributed by atoms with E-state index in [0.29, 0.717) is 0 Å². The molecule has 0 spiro atoms. The Balaban J connectivity index is 1.57. The lowest BCUT2D eigenvalue weighted by Gasteiger charge is -2.10. The Bertz CT molecular complexity index is 1000. The topological polar surface area (TPSA) is 69.8 Å². The molecule has 112 valence electrons. The van der Waals surface area contributed by atoms with Crippen molar-refractivity contribution in [2.24, 2.45) is 0 Å². The Hall–Kier alpha value is -3.34. The third kappa shape index (κ3) is 2.60. The number of pyridine rings is 1. The van der Waals surface area contributed by atoms with Gasteiger partial charge in [-0.15, -0.1) is 0 Å². The molecule has 0 fully saturated rings. The van der Waals surface area contributed by atoms with Gasteiger partial charge in [0.25, 0.3) is 0 Å². The molecule has 2 heterocycles. The molecule has 4 aromatic rings. The van der Waals surface area contributed by atoms with Crippen molar-refractivity contribution in [3.63, 3.8) is 0 Å². The fourth-order valence-electron chi connectivity index (χ4n) is 2.62. The minimum atomic E-state index is -0.281. The van der Waals surface area contributed by atoms with E-state index in [1.165, 1.54) is 0 Å². The summed E-state index contributed by atoms with van der Waals surface area (Å²) in [5.41, 5.74) is 3.36. The second kappa shape index (κ2) is 5.46. The lowest BCUT2D eigenvalue weighted by molar-refractivity contribution is 0.262. The van der Waals surface area contributed by atoms with Crippen LogP contribution in [0.2, 0.25) is 0 Å². The molecule has 2 aromatic heterocycles. The van der Waals surface area contributed by atoms with Crippen LogP contribution in [0.15, 0.2) is 67.0 Å². The van der Waals surface area contributed by atoms with Crippen molar-refractivity contribution < 1.29 is 4.79 Å². The van der Waals surface area contributed by atoms with Gasteiger partial charge >= 0.3 is 6.03 Å². The van der Waals surface area contributed by atoms with E-state index in [0.717, 1.165) is 33.2 Å². The highest BCUT2D eigenvalue weighted by atomic mass is 16.2. The van der Waals surface area contributed by atoms with Crippen LogP contribution in [-0.4, -0.2) is 16.0 Å². The smallest absolute Gasteiger partial charge is 0.323 e. The maximum absolute atomic E-state index is 12.2. The van der Waals surface area contributed by atoms with Gasteiger partial charge in [-0.2, -0.15) is 0 Å². The summed E-state index contributed by atoms with van der Waals surface area (Å²) in [7, 11) is 0. The maximum atomic E-state index is 12.2. The second-order valence-corrected chi connectivity index (χ2v) is 5.23. The molecular weight excluding hydrogens is 288 g/mol. The molecule has 0 bridgehead atoms. The summed E-state index contributed by atoms with van der Waals surface area (Å²) < 4.78 is 0. The van der Waals surface area contributed by atoms with E-state index < -0.39 is 0 Å². The first kappa shape index (κ1) is 13.3. The zero-order valence-electron chi connectivity index (χ0n) is 12.2. The summed E-state index contributed by atoms with van der Waals surface area (Å²) in [5.74, 6) is 0. The number of aromatic amines is 1. The zero-order valence-corrected chi connectivity index (χ0v) is 12.2. The van der Waals surface area contributed by atoms with Crippen molar-refractivity contribution in [1.29, 1.82) is 0 Å². The quantitative estimate of drug-likeness (QED) is 0.515. The van der Waals surface area contributed by atoms with Crippen molar-refractivity contribution in [3.8, 4) is 0 Å². The monoisotopic (exact) mass is 302 g/mol. The normalized spacial score (nSPS) is 10.8. The molecule has 0 aliphatic rings. The van der Waals surface area contributed by atoms with E-state index in [1.807, 2.05) is 54.7 Å². The standard InChI is InChI=1S/C18H14N4O/c23-18(21-13-5-6-15-12(11-13)7-9-19-15)22-17-8-10-20-16-4-2-1-3-14(16)17/h1-11,19H,(H2,20,21,22,23). The maximum Gasteiger partial charge on any atom is 0.323 e. The Morgan fingerprint density at radius 1 is 1.00 bits per heavy atom. The Morgan fingerprint density at radius 3 is 2.87 bits per heavy atom. The predicted molar refractivity (Wildman–Crippen MR) is 92.7 cm³/mol. The molecule has 3 N–H and O–H groups in total. The number of benzene rings is 2. The summed E-state index contributed by atoms with van der Waals surface area (Å²) in [4.78, 5) is 19.7. The number of rotatable bonds is 2. The van der Waals surface area contributed by atoms with E-state index in [2.05, 4.69) is 20.6 Å². The van der Waals surface area contributed by atoms with E-state index in [9.17, 15) is 4.79 Å². The number of aromatic nitrogens is 2. The number of para-hydroxylation sites is 1. The van der Waals surface area contributed by atoms with Gasteiger partial charge in [0.1, 0.15) is 0 Å². The summed E-state index contributed by atoms with van der Waals surface area (Å²) in [5, 5.41) is 7.69. The highest BCUT2D eigenvalue weighted by Crippen LogP contribution is 2.22. The predicted octanol–water partition coefficient (Wildman–Crippen LogP) is 4.36. The molecule has 0 atom stereocenters. The van der Waals surface area contributed by atoms with Crippen molar-refractivity contribution in [3.05, 3.63) is 67.0 Å². The van der Waals surface area contributed by atoms with Gasteiger partial charge in [-0.3, -0.25) is 4.98 Å². The average Bonchev–Trinajstić information content (AvgIpc) is 3.03. The fourth-order valence-corrected chi connectivity index (χ4v) is 2.62. The van der Waals surface area contributed by atoms with Crippen molar-refractivity contribution in [1.82, 2.24) is 9.97 Å². The van der Waals surface area contributed by atoms with Crippen LogP contribution in [0.4, 0.5) is 16.2 Å². The molecule has 0 saturated carbocycles. The Labute approximate surface area is 132 Å². The first-order valence-corrected chi connectivity index (χ1v) is 7.28. The molecule has 0 radical (unpaired) electrons. The third-order valence-electron chi connectivity index (χ3n) is 3.71. The van der Waals surface area contributed by atoms with Gasteiger partial charge in [0.2, 0.25) is 0 Å². The summed E-state index contributed by atoms with van der Waals surface area (Å²) in [6, 6.07) is 16.9. The van der Waals surface area contributed by atoms with Crippen LogP contribution in [0.3, 0.4) is 0 Å². The summed E-state index contributed by atoms with van der Waals surface area (Å²) >= 11 is 0. The number of nitrogens with one attached hydrogen (secondary N) is 3. The van der Waals surface area contributed by atoms with Gasteiger partial charge < -0.3 is 15.6 Å². The van der Waals surface area contributed by atoms with Crippen molar-refractivity contribution >= 4 is 39.2 Å². The molecule has 0 unspecified atom stereocenters. The van der Waals surface area contributed by atoms with Gasteiger partial charge in [-0.05, 0) is 36.4 Å². The second-order valence-electron chi connectivity index (χ2n) is 5.23. The first-order chi connectivity index (χ1) is 11.3. The van der Waals surface area contributed by atoms with Crippen LogP contribution >= 0.6 is 0 Å². The van der Waals surface area contributed by atoms with E-state index in [-0.39, 0.29) is 6.03 Å². The van der Waals surface area contributed by atoms with Gasteiger partial charge in [-0.1, -0.05) is 18.2 Å². The number of urea groups is 1. The molecule has 23 heavy (non-hydrogen) atoms. The van der Waals surface area contributed by atoms with Gasteiger partial charge in [0, 0.05) is 34.4 Å². The molecule has 5 heteroatoms. The molecule has 0 aliphatic carbocycles. The van der Waals surface area contributed by atoms with Gasteiger partial charge in [-0.25, -0.2) is 4.79 Å². The highest BCUT2D eigenvalue weighted by Gasteiger charge is 2.07. The largest absolute Gasteiger partial charge is 0.361 e. The molecule has 0 aliphatic heterocycles. The average molecular weight is 302 g/mol. The Morgan fingerprint density at radius 2 is 1.91 bits per heavy atom. The van der Waals surface area contributed by atoms with Crippen LogP contribution in [0.1, 0.15) is 0 Å². The zero-order chi connectivity index (χ0) is 15.6. The Kier molecular flexibility index (Phi) is 3.16. The fraction of sp³-hybridized carbons (Fsp3) is 0. The number of carbonyl (C=O) groups is 1. The molecule has 5 nitrogen and oxygen atoms in total. The van der Waals surface area contributed by atoms with Crippen LogP contribution < -0.4 is 10.6 Å². The van der Waals surface area contributed by atoms with E-state index >= 15 is 0 Å². The number of hydrogen-bond donors (Lipinski definition) is 3.